The monoisotopic (exact) mass is 390 g/mol. The van der Waals surface area contributed by atoms with Gasteiger partial charge in [-0.25, -0.2) is 13.1 Å². The fraction of sp³-hybridized carbons (Fsp3) is 0.350. The third-order valence-electron chi connectivity index (χ3n) is 3.85. The minimum absolute atomic E-state index is 0.112. The van der Waals surface area contributed by atoms with Gasteiger partial charge in [0.15, 0.2) is 0 Å². The summed E-state index contributed by atoms with van der Waals surface area (Å²) >= 11 is 0. The second-order valence-electron chi connectivity index (χ2n) is 6.44. The quantitative estimate of drug-likeness (QED) is 0.602. The van der Waals surface area contributed by atoms with Crippen LogP contribution in [-0.4, -0.2) is 26.1 Å². The number of rotatable bonds is 10. The van der Waals surface area contributed by atoms with Gasteiger partial charge >= 0.3 is 0 Å². The summed E-state index contributed by atoms with van der Waals surface area (Å²) in [7, 11) is -3.24. The van der Waals surface area contributed by atoms with Crippen molar-refractivity contribution in [2.75, 3.05) is 11.9 Å². The number of hydrogen-bond acceptors (Lipinski definition) is 4. The van der Waals surface area contributed by atoms with Gasteiger partial charge in [-0.3, -0.25) is 4.79 Å². The molecule has 7 heteroatoms. The first-order chi connectivity index (χ1) is 12.9. The highest BCUT2D eigenvalue weighted by Gasteiger charge is 2.14. The maximum atomic E-state index is 12.1. The average Bonchev–Trinajstić information content (AvgIpc) is 2.62. The van der Waals surface area contributed by atoms with Gasteiger partial charge in [0.25, 0.3) is 0 Å². The van der Waals surface area contributed by atoms with Crippen LogP contribution in [0.25, 0.3) is 0 Å². The Morgan fingerprint density at radius 1 is 1.00 bits per heavy atom. The molecule has 6 nitrogen and oxygen atoms in total. The first-order valence-electron chi connectivity index (χ1n) is 8.98. The number of ether oxygens (including phenoxy) is 1. The van der Waals surface area contributed by atoms with Gasteiger partial charge in [-0.05, 0) is 51.0 Å². The number of hydrogen-bond donors (Lipinski definition) is 2. The summed E-state index contributed by atoms with van der Waals surface area (Å²) in [5.41, 5.74) is 0.661. The van der Waals surface area contributed by atoms with Crippen LogP contribution in [0.4, 0.5) is 5.69 Å². The molecule has 0 saturated carbocycles. The van der Waals surface area contributed by atoms with E-state index in [0.717, 1.165) is 5.75 Å². The van der Waals surface area contributed by atoms with Crippen molar-refractivity contribution < 1.29 is 17.9 Å². The SMILES string of the molecule is CC(C)S(=O)(=O)NCCCCC(=O)Nc1cccc(Oc2ccccc2)c1. The molecule has 0 aromatic heterocycles. The van der Waals surface area contributed by atoms with Gasteiger partial charge in [0, 0.05) is 24.7 Å². The molecule has 0 unspecified atom stereocenters. The number of unbranched alkanes of at least 4 members (excludes halogenated alkanes) is 1. The number of benzene rings is 2. The van der Waals surface area contributed by atoms with Gasteiger partial charge in [0.1, 0.15) is 11.5 Å². The molecule has 0 saturated heterocycles. The third kappa shape index (κ3) is 7.40. The van der Waals surface area contributed by atoms with Crippen LogP contribution < -0.4 is 14.8 Å². The smallest absolute Gasteiger partial charge is 0.224 e. The van der Waals surface area contributed by atoms with Crippen LogP contribution in [0.5, 0.6) is 11.5 Å². The highest BCUT2D eigenvalue weighted by molar-refractivity contribution is 7.90. The van der Waals surface area contributed by atoms with E-state index in [9.17, 15) is 13.2 Å². The summed E-state index contributed by atoms with van der Waals surface area (Å²) in [5.74, 6) is 1.26. The minimum Gasteiger partial charge on any atom is -0.457 e. The number of para-hydroxylation sites is 1. The van der Waals surface area contributed by atoms with Crippen molar-refractivity contribution in [2.45, 2.75) is 38.4 Å². The van der Waals surface area contributed by atoms with Gasteiger partial charge in [-0.1, -0.05) is 24.3 Å². The van der Waals surface area contributed by atoms with E-state index in [4.69, 9.17) is 4.74 Å². The predicted molar refractivity (Wildman–Crippen MR) is 107 cm³/mol. The molecule has 146 valence electrons. The molecule has 0 spiro atoms. The fourth-order valence-corrected chi connectivity index (χ4v) is 3.04. The van der Waals surface area contributed by atoms with Crippen LogP contribution in [0.15, 0.2) is 54.6 Å². The van der Waals surface area contributed by atoms with E-state index >= 15 is 0 Å². The summed E-state index contributed by atoms with van der Waals surface area (Å²) in [4.78, 5) is 12.1. The Hall–Kier alpha value is -2.38. The van der Waals surface area contributed by atoms with Gasteiger partial charge in [-0.2, -0.15) is 0 Å². The third-order valence-corrected chi connectivity index (χ3v) is 5.70. The van der Waals surface area contributed by atoms with E-state index < -0.39 is 15.3 Å². The molecule has 2 rings (SSSR count). The highest BCUT2D eigenvalue weighted by atomic mass is 32.2. The topological polar surface area (TPSA) is 84.5 Å². The molecule has 0 aliphatic rings. The maximum absolute atomic E-state index is 12.1. The zero-order valence-corrected chi connectivity index (χ0v) is 16.5. The van der Waals surface area contributed by atoms with Crippen molar-refractivity contribution >= 4 is 21.6 Å². The summed E-state index contributed by atoms with van der Waals surface area (Å²) in [6, 6.07) is 16.6. The van der Waals surface area contributed by atoms with Crippen LogP contribution >= 0.6 is 0 Å². The average molecular weight is 391 g/mol. The largest absolute Gasteiger partial charge is 0.457 e. The van der Waals surface area contributed by atoms with Gasteiger partial charge in [0.2, 0.25) is 15.9 Å². The Kier molecular flexibility index (Phi) is 7.82. The molecule has 27 heavy (non-hydrogen) atoms. The van der Waals surface area contributed by atoms with Crippen molar-refractivity contribution in [1.29, 1.82) is 0 Å². The highest BCUT2D eigenvalue weighted by Crippen LogP contribution is 2.23. The van der Waals surface area contributed by atoms with Gasteiger partial charge in [-0.15, -0.1) is 0 Å². The summed E-state index contributed by atoms with van der Waals surface area (Å²) in [5, 5.41) is 2.38. The van der Waals surface area contributed by atoms with Crippen LogP contribution in [0.1, 0.15) is 33.1 Å². The number of amides is 1. The zero-order chi connectivity index (χ0) is 19.7. The van der Waals surface area contributed by atoms with E-state index in [1.54, 1.807) is 26.0 Å². The molecular weight excluding hydrogens is 364 g/mol. The number of sulfonamides is 1. The predicted octanol–water partition coefficient (Wildman–Crippen LogP) is 3.92. The first-order valence-corrected chi connectivity index (χ1v) is 10.5. The lowest BCUT2D eigenvalue weighted by atomic mass is 10.2. The zero-order valence-electron chi connectivity index (χ0n) is 15.6. The van der Waals surface area contributed by atoms with Crippen LogP contribution in [0.2, 0.25) is 0 Å². The van der Waals surface area contributed by atoms with Crippen molar-refractivity contribution in [3.8, 4) is 11.5 Å². The Balaban J connectivity index is 1.75. The fourth-order valence-electron chi connectivity index (χ4n) is 2.28. The minimum atomic E-state index is -3.24. The molecule has 0 heterocycles. The lowest BCUT2D eigenvalue weighted by molar-refractivity contribution is -0.116. The molecular formula is C20H26N2O4S. The molecule has 0 aliphatic carbocycles. The summed E-state index contributed by atoms with van der Waals surface area (Å²) < 4.78 is 31.5. The van der Waals surface area contributed by atoms with Crippen molar-refractivity contribution in [3.63, 3.8) is 0 Å². The second-order valence-corrected chi connectivity index (χ2v) is 8.76. The number of carbonyl (C=O) groups excluding carboxylic acids is 1. The Morgan fingerprint density at radius 3 is 2.41 bits per heavy atom. The molecule has 2 N–H and O–H groups in total. The van der Waals surface area contributed by atoms with Crippen molar-refractivity contribution in [1.82, 2.24) is 4.72 Å². The Bertz CT molecular complexity index is 836. The number of anilines is 1. The van der Waals surface area contributed by atoms with Gasteiger partial charge in [0.05, 0.1) is 5.25 Å². The van der Waals surface area contributed by atoms with Crippen LogP contribution in [0, 0.1) is 0 Å². The molecule has 0 atom stereocenters. The molecule has 0 fully saturated rings. The van der Waals surface area contributed by atoms with E-state index in [-0.39, 0.29) is 5.91 Å². The van der Waals surface area contributed by atoms with E-state index in [1.807, 2.05) is 42.5 Å². The molecule has 0 aliphatic heterocycles. The van der Waals surface area contributed by atoms with Gasteiger partial charge < -0.3 is 10.1 Å². The lowest BCUT2D eigenvalue weighted by Gasteiger charge is -2.10. The summed E-state index contributed by atoms with van der Waals surface area (Å²) in [6.45, 7) is 3.60. The van der Waals surface area contributed by atoms with Crippen molar-refractivity contribution in [3.05, 3.63) is 54.6 Å². The number of carbonyl (C=O) groups is 1. The van der Waals surface area contributed by atoms with E-state index in [0.29, 0.717) is 37.2 Å². The summed E-state index contributed by atoms with van der Waals surface area (Å²) in [6.07, 6.45) is 1.54. The molecule has 1 amide bonds. The Labute approximate surface area is 161 Å². The maximum Gasteiger partial charge on any atom is 0.224 e. The first kappa shape index (κ1) is 20.9. The van der Waals surface area contributed by atoms with Crippen molar-refractivity contribution in [2.24, 2.45) is 0 Å². The van der Waals surface area contributed by atoms with Crippen LogP contribution in [-0.2, 0) is 14.8 Å². The molecule has 2 aromatic carbocycles. The number of nitrogens with one attached hydrogen (secondary N) is 2. The molecule has 0 bridgehead atoms. The van der Waals surface area contributed by atoms with E-state index in [2.05, 4.69) is 10.0 Å². The Morgan fingerprint density at radius 2 is 1.70 bits per heavy atom. The second kappa shape index (κ2) is 10.1. The molecule has 2 aromatic rings. The van der Waals surface area contributed by atoms with Crippen LogP contribution in [0.3, 0.4) is 0 Å². The normalized spacial score (nSPS) is 11.4. The standard InChI is InChI=1S/C20H26N2O4S/c1-16(2)27(24,25)21-14-7-6-13-20(23)22-17-9-8-12-19(15-17)26-18-10-4-3-5-11-18/h3-5,8-12,15-16,21H,6-7,13-14H2,1-2H3,(H,22,23). The molecule has 0 radical (unpaired) electrons. The van der Waals surface area contributed by atoms with E-state index in [1.165, 1.54) is 0 Å². The lowest BCUT2D eigenvalue weighted by Crippen LogP contribution is -2.31.